The molecule has 108 valence electrons. The maximum atomic E-state index is 10.6. The molecule has 5 heteroatoms. The van der Waals surface area contributed by atoms with E-state index in [4.69, 9.17) is 10.7 Å². The highest BCUT2D eigenvalue weighted by Crippen LogP contribution is 2.41. The van der Waals surface area contributed by atoms with Crippen molar-refractivity contribution < 1.29 is 4.79 Å². The third-order valence-electron chi connectivity index (χ3n) is 4.11. The molecule has 1 amide bonds. The maximum Gasteiger partial charge on any atom is 0.217 e. The molecule has 2 aliphatic rings. The van der Waals surface area contributed by atoms with E-state index in [0.717, 1.165) is 31.1 Å². The quantitative estimate of drug-likeness (QED) is 0.761. The number of primary amides is 1. The number of hydrogen-bond acceptors (Lipinski definition) is 4. The number of aliphatic imine (C=N–C) groups is 1. The Morgan fingerprint density at radius 2 is 2.11 bits per heavy atom. The van der Waals surface area contributed by atoms with Crippen LogP contribution >= 0.6 is 11.8 Å². The molecular weight excluding hydrogens is 258 g/mol. The van der Waals surface area contributed by atoms with E-state index in [9.17, 15) is 4.79 Å². The van der Waals surface area contributed by atoms with E-state index in [2.05, 4.69) is 5.32 Å². The molecule has 2 rings (SSSR count). The van der Waals surface area contributed by atoms with E-state index < -0.39 is 0 Å². The number of carbonyl (C=O) groups is 1. The van der Waals surface area contributed by atoms with E-state index in [0.29, 0.717) is 11.8 Å². The van der Waals surface area contributed by atoms with E-state index in [-0.39, 0.29) is 5.91 Å². The molecule has 1 heterocycles. The molecule has 4 nitrogen and oxygen atoms in total. The third kappa shape index (κ3) is 4.71. The van der Waals surface area contributed by atoms with Crippen molar-refractivity contribution in [3.8, 4) is 0 Å². The van der Waals surface area contributed by atoms with Crippen molar-refractivity contribution in [2.75, 3.05) is 18.8 Å². The average molecular weight is 283 g/mol. The van der Waals surface area contributed by atoms with Gasteiger partial charge in [0.2, 0.25) is 5.91 Å². The first-order chi connectivity index (χ1) is 9.20. The first kappa shape index (κ1) is 14.7. The number of nitrogens with one attached hydrogen (secondary N) is 1. The summed E-state index contributed by atoms with van der Waals surface area (Å²) in [5, 5.41) is 4.47. The fourth-order valence-electron chi connectivity index (χ4n) is 2.88. The number of unbranched alkanes of at least 4 members (excludes halogenated alkanes) is 1. The Kier molecular flexibility index (Phi) is 5.55. The van der Waals surface area contributed by atoms with Gasteiger partial charge in [0.25, 0.3) is 0 Å². The second-order valence-corrected chi connectivity index (χ2v) is 6.78. The number of amidine groups is 1. The summed E-state index contributed by atoms with van der Waals surface area (Å²) in [6.07, 6.45) is 9.21. The molecule has 0 aromatic heterocycles. The molecule has 0 aromatic carbocycles. The van der Waals surface area contributed by atoms with Crippen molar-refractivity contribution >= 4 is 22.8 Å². The molecule has 19 heavy (non-hydrogen) atoms. The molecule has 1 aliphatic carbocycles. The summed E-state index contributed by atoms with van der Waals surface area (Å²) < 4.78 is 0. The van der Waals surface area contributed by atoms with E-state index >= 15 is 0 Å². The van der Waals surface area contributed by atoms with Crippen LogP contribution in [0.5, 0.6) is 0 Å². The van der Waals surface area contributed by atoms with Gasteiger partial charge >= 0.3 is 0 Å². The molecule has 1 saturated carbocycles. The number of thioether (sulfide) groups is 1. The molecule has 0 aromatic rings. The van der Waals surface area contributed by atoms with Crippen LogP contribution in [0.1, 0.15) is 51.4 Å². The normalized spacial score (nSPS) is 22.0. The molecule has 1 spiro atoms. The van der Waals surface area contributed by atoms with Gasteiger partial charge in [0.15, 0.2) is 5.17 Å². The van der Waals surface area contributed by atoms with Crippen molar-refractivity contribution in [1.29, 1.82) is 0 Å². The molecule has 0 atom stereocenters. The fourth-order valence-corrected chi connectivity index (χ4v) is 4.07. The number of rotatable bonds is 5. The van der Waals surface area contributed by atoms with Gasteiger partial charge in [0, 0.05) is 25.3 Å². The zero-order valence-corrected chi connectivity index (χ0v) is 12.4. The van der Waals surface area contributed by atoms with Gasteiger partial charge in [0.05, 0.1) is 0 Å². The molecule has 1 aliphatic heterocycles. The van der Waals surface area contributed by atoms with Crippen LogP contribution in [0.3, 0.4) is 0 Å². The van der Waals surface area contributed by atoms with Crippen LogP contribution in [0.2, 0.25) is 0 Å². The van der Waals surface area contributed by atoms with E-state index in [1.807, 2.05) is 11.8 Å². The summed E-state index contributed by atoms with van der Waals surface area (Å²) in [6, 6.07) is 0. The summed E-state index contributed by atoms with van der Waals surface area (Å²) >= 11 is 1.88. The van der Waals surface area contributed by atoms with Gasteiger partial charge in [-0.2, -0.15) is 0 Å². The minimum atomic E-state index is -0.205. The first-order valence-corrected chi connectivity index (χ1v) is 8.38. The highest BCUT2D eigenvalue weighted by Gasteiger charge is 2.34. The predicted octanol–water partition coefficient (Wildman–Crippen LogP) is 2.28. The third-order valence-corrected chi connectivity index (χ3v) is 5.42. The Labute approximate surface area is 120 Å². The largest absolute Gasteiger partial charge is 0.370 e. The number of amides is 1. The smallest absolute Gasteiger partial charge is 0.217 e. The Balaban J connectivity index is 1.65. The highest BCUT2D eigenvalue weighted by molar-refractivity contribution is 8.13. The molecule has 0 saturated heterocycles. The van der Waals surface area contributed by atoms with Crippen LogP contribution in [0.15, 0.2) is 4.99 Å². The molecule has 0 unspecified atom stereocenters. The lowest BCUT2D eigenvalue weighted by molar-refractivity contribution is -0.118. The van der Waals surface area contributed by atoms with E-state index in [1.165, 1.54) is 37.9 Å². The zero-order chi connectivity index (χ0) is 13.6. The van der Waals surface area contributed by atoms with Crippen molar-refractivity contribution in [1.82, 2.24) is 5.32 Å². The monoisotopic (exact) mass is 283 g/mol. The molecule has 3 N–H and O–H groups in total. The second kappa shape index (κ2) is 7.17. The molecule has 0 radical (unpaired) electrons. The van der Waals surface area contributed by atoms with Crippen LogP contribution in [-0.4, -0.2) is 29.9 Å². The lowest BCUT2D eigenvalue weighted by atomic mass is 9.75. The van der Waals surface area contributed by atoms with Gasteiger partial charge in [0.1, 0.15) is 0 Å². The second-order valence-electron chi connectivity index (χ2n) is 5.82. The van der Waals surface area contributed by atoms with Crippen LogP contribution in [0, 0.1) is 5.41 Å². The average Bonchev–Trinajstić information content (AvgIpc) is 2.41. The lowest BCUT2D eigenvalue weighted by Gasteiger charge is -2.38. The predicted molar refractivity (Wildman–Crippen MR) is 81.3 cm³/mol. The van der Waals surface area contributed by atoms with Gasteiger partial charge in [-0.15, -0.1) is 0 Å². The van der Waals surface area contributed by atoms with Crippen molar-refractivity contribution in [2.45, 2.75) is 51.4 Å². The summed E-state index contributed by atoms with van der Waals surface area (Å²) in [5.74, 6) is 1.02. The summed E-state index contributed by atoms with van der Waals surface area (Å²) in [7, 11) is 0. The minimum absolute atomic E-state index is 0.205. The molecule has 1 fully saturated rings. The number of nitrogens with two attached hydrogens (primary N) is 1. The highest BCUT2D eigenvalue weighted by atomic mass is 32.2. The van der Waals surface area contributed by atoms with Crippen molar-refractivity contribution in [3.63, 3.8) is 0 Å². The standard InChI is InChI=1S/C14H25N3OS/c15-12(18)6-2-5-9-16-13-17-10-14(11-19-13)7-3-1-4-8-14/h1-11H2,(H2,15,18)(H,16,17). The molecular formula is C14H25N3OS. The molecule has 0 bridgehead atoms. The van der Waals surface area contributed by atoms with Gasteiger partial charge in [-0.1, -0.05) is 31.0 Å². The van der Waals surface area contributed by atoms with Gasteiger partial charge in [-0.05, 0) is 31.1 Å². The number of nitrogens with zero attached hydrogens (tertiary/aromatic N) is 1. The Bertz CT molecular complexity index is 338. The van der Waals surface area contributed by atoms with Gasteiger partial charge in [-0.25, -0.2) is 0 Å². The number of hydrogen-bond donors (Lipinski definition) is 2. The Morgan fingerprint density at radius 3 is 2.74 bits per heavy atom. The first-order valence-electron chi connectivity index (χ1n) is 7.40. The van der Waals surface area contributed by atoms with E-state index in [1.54, 1.807) is 0 Å². The van der Waals surface area contributed by atoms with Crippen LogP contribution in [-0.2, 0) is 4.79 Å². The summed E-state index contributed by atoms with van der Waals surface area (Å²) in [4.78, 5) is 15.3. The summed E-state index contributed by atoms with van der Waals surface area (Å²) in [6.45, 7) is 1.90. The van der Waals surface area contributed by atoms with Gasteiger partial charge < -0.3 is 11.1 Å². The number of carbonyl (C=O) groups excluding carboxylic acids is 1. The SMILES string of the molecule is NC(=O)CCCCNC1=NCC2(CCCCC2)CS1. The van der Waals surface area contributed by atoms with Crippen LogP contribution < -0.4 is 11.1 Å². The van der Waals surface area contributed by atoms with Crippen LogP contribution in [0.4, 0.5) is 0 Å². The summed E-state index contributed by atoms with van der Waals surface area (Å²) in [5.41, 5.74) is 5.61. The fraction of sp³-hybridized carbons (Fsp3) is 0.857. The topological polar surface area (TPSA) is 67.5 Å². The Morgan fingerprint density at radius 1 is 1.32 bits per heavy atom. The van der Waals surface area contributed by atoms with Crippen molar-refractivity contribution in [2.24, 2.45) is 16.1 Å². The van der Waals surface area contributed by atoms with Crippen molar-refractivity contribution in [3.05, 3.63) is 0 Å². The Hall–Kier alpha value is -0.710. The van der Waals surface area contributed by atoms with Gasteiger partial charge in [-0.3, -0.25) is 9.79 Å². The zero-order valence-electron chi connectivity index (χ0n) is 11.6. The maximum absolute atomic E-state index is 10.6. The lowest BCUT2D eigenvalue weighted by Crippen LogP contribution is -2.37. The van der Waals surface area contributed by atoms with Crippen LogP contribution in [0.25, 0.3) is 0 Å². The minimum Gasteiger partial charge on any atom is -0.370 e.